The zero-order chi connectivity index (χ0) is 16.7. The Morgan fingerprint density at radius 1 is 1.13 bits per heavy atom. The molecule has 1 aliphatic heterocycles. The molecular formula is C20H30N2O. The molecule has 1 saturated heterocycles. The number of carbonyl (C=O) groups is 1. The fraction of sp³-hybridized carbons (Fsp3) is 0.650. The van der Waals surface area contributed by atoms with E-state index in [0.29, 0.717) is 0 Å². The van der Waals surface area contributed by atoms with E-state index in [1.807, 2.05) is 0 Å². The van der Waals surface area contributed by atoms with Crippen molar-refractivity contribution < 1.29 is 4.79 Å². The van der Waals surface area contributed by atoms with Gasteiger partial charge in [-0.25, -0.2) is 0 Å². The highest BCUT2D eigenvalue weighted by atomic mass is 16.1. The molecule has 3 heteroatoms. The van der Waals surface area contributed by atoms with Crippen molar-refractivity contribution in [3.05, 3.63) is 35.4 Å². The number of piperidine rings is 1. The van der Waals surface area contributed by atoms with Gasteiger partial charge in [0.25, 0.3) is 0 Å². The fourth-order valence-corrected chi connectivity index (χ4v) is 3.99. The number of nitrogens with two attached hydrogens (primary N) is 1. The highest BCUT2D eigenvalue weighted by Gasteiger charge is 2.43. The largest absolute Gasteiger partial charge is 0.369 e. The number of hydrogen-bond acceptors (Lipinski definition) is 2. The zero-order valence-corrected chi connectivity index (χ0v) is 14.8. The van der Waals surface area contributed by atoms with Crippen LogP contribution in [0.2, 0.25) is 0 Å². The minimum atomic E-state index is -0.476. The lowest BCUT2D eigenvalue weighted by Crippen LogP contribution is -2.53. The van der Waals surface area contributed by atoms with Gasteiger partial charge in [0.15, 0.2) is 0 Å². The van der Waals surface area contributed by atoms with Crippen LogP contribution in [-0.4, -0.2) is 29.9 Å². The maximum Gasteiger partial charge on any atom is 0.228 e. The van der Waals surface area contributed by atoms with Gasteiger partial charge >= 0.3 is 0 Å². The Hall–Kier alpha value is -1.35. The van der Waals surface area contributed by atoms with Crippen LogP contribution in [0.5, 0.6) is 0 Å². The molecule has 1 aliphatic carbocycles. The first-order valence-corrected chi connectivity index (χ1v) is 8.98. The monoisotopic (exact) mass is 314 g/mol. The van der Waals surface area contributed by atoms with Gasteiger partial charge in [-0.2, -0.15) is 0 Å². The Morgan fingerprint density at radius 2 is 1.70 bits per heavy atom. The van der Waals surface area contributed by atoms with Crippen LogP contribution in [0.25, 0.3) is 0 Å². The van der Waals surface area contributed by atoms with E-state index >= 15 is 0 Å². The summed E-state index contributed by atoms with van der Waals surface area (Å²) in [6.07, 6.45) is 5.71. The third-order valence-electron chi connectivity index (χ3n) is 6.02. The summed E-state index contributed by atoms with van der Waals surface area (Å²) < 4.78 is 0. The molecular weight excluding hydrogens is 284 g/mol. The quantitative estimate of drug-likeness (QED) is 0.930. The molecule has 2 aliphatic rings. The standard InChI is InChI=1S/C20H30N2O/c1-19(2,3)15-7-9-16(10-8-15)20(18(21)23)11-13-22(14-12-20)17-5-4-6-17/h7-10,17H,4-6,11-14H2,1-3H3,(H2,21,23). The van der Waals surface area contributed by atoms with Crippen LogP contribution < -0.4 is 5.73 Å². The van der Waals surface area contributed by atoms with Gasteiger partial charge in [0.1, 0.15) is 0 Å². The Bertz CT molecular complexity index is 558. The molecule has 1 amide bonds. The molecule has 2 N–H and O–H groups in total. The van der Waals surface area contributed by atoms with Gasteiger partial charge in [-0.15, -0.1) is 0 Å². The number of hydrogen-bond donors (Lipinski definition) is 1. The van der Waals surface area contributed by atoms with Gasteiger partial charge in [-0.05, 0) is 55.3 Å². The van der Waals surface area contributed by atoms with Crippen LogP contribution in [0.3, 0.4) is 0 Å². The van der Waals surface area contributed by atoms with Crippen LogP contribution >= 0.6 is 0 Å². The number of rotatable bonds is 3. The van der Waals surface area contributed by atoms with E-state index in [4.69, 9.17) is 5.73 Å². The van der Waals surface area contributed by atoms with Crippen LogP contribution in [0.4, 0.5) is 0 Å². The van der Waals surface area contributed by atoms with Crippen molar-refractivity contribution >= 4 is 5.91 Å². The van der Waals surface area contributed by atoms with E-state index < -0.39 is 5.41 Å². The Morgan fingerprint density at radius 3 is 2.09 bits per heavy atom. The zero-order valence-electron chi connectivity index (χ0n) is 14.8. The number of nitrogens with zero attached hydrogens (tertiary/aromatic N) is 1. The van der Waals surface area contributed by atoms with E-state index in [1.54, 1.807) is 0 Å². The van der Waals surface area contributed by atoms with Gasteiger partial charge in [-0.1, -0.05) is 51.5 Å². The Labute approximate surface area is 140 Å². The topological polar surface area (TPSA) is 46.3 Å². The summed E-state index contributed by atoms with van der Waals surface area (Å²) in [5.74, 6) is -0.158. The fourth-order valence-electron chi connectivity index (χ4n) is 3.99. The summed E-state index contributed by atoms with van der Waals surface area (Å²) in [6.45, 7) is 8.62. The van der Waals surface area contributed by atoms with Crippen LogP contribution in [0, 0.1) is 0 Å². The highest BCUT2D eigenvalue weighted by molar-refractivity contribution is 5.87. The molecule has 0 aromatic heterocycles. The molecule has 23 heavy (non-hydrogen) atoms. The molecule has 3 rings (SSSR count). The second kappa shape index (κ2) is 5.94. The average Bonchev–Trinajstić information content (AvgIpc) is 2.45. The van der Waals surface area contributed by atoms with Gasteiger partial charge in [0, 0.05) is 6.04 Å². The van der Waals surface area contributed by atoms with Crippen molar-refractivity contribution in [2.45, 2.75) is 69.7 Å². The minimum absolute atomic E-state index is 0.131. The summed E-state index contributed by atoms with van der Waals surface area (Å²) >= 11 is 0. The number of carbonyl (C=O) groups excluding carboxylic acids is 1. The van der Waals surface area contributed by atoms with E-state index in [9.17, 15) is 4.79 Å². The molecule has 0 radical (unpaired) electrons. The van der Waals surface area contributed by atoms with Crippen molar-refractivity contribution in [2.75, 3.05) is 13.1 Å². The summed E-state index contributed by atoms with van der Waals surface area (Å²) in [7, 11) is 0. The molecule has 0 spiro atoms. The summed E-state index contributed by atoms with van der Waals surface area (Å²) in [4.78, 5) is 14.9. The van der Waals surface area contributed by atoms with E-state index in [1.165, 1.54) is 24.8 Å². The van der Waals surface area contributed by atoms with Crippen molar-refractivity contribution in [3.8, 4) is 0 Å². The minimum Gasteiger partial charge on any atom is -0.369 e. The van der Waals surface area contributed by atoms with Gasteiger partial charge < -0.3 is 10.6 Å². The number of amides is 1. The molecule has 0 unspecified atom stereocenters. The summed E-state index contributed by atoms with van der Waals surface area (Å²) in [5.41, 5.74) is 7.93. The predicted octanol–water partition coefficient (Wildman–Crippen LogP) is 3.36. The van der Waals surface area contributed by atoms with Crippen molar-refractivity contribution in [1.29, 1.82) is 0 Å². The molecule has 126 valence electrons. The molecule has 1 heterocycles. The maximum absolute atomic E-state index is 12.3. The smallest absolute Gasteiger partial charge is 0.228 e. The van der Waals surface area contributed by atoms with E-state index in [-0.39, 0.29) is 11.3 Å². The van der Waals surface area contributed by atoms with Gasteiger partial charge in [0.2, 0.25) is 5.91 Å². The van der Waals surface area contributed by atoms with Crippen molar-refractivity contribution in [1.82, 2.24) is 4.90 Å². The lowest BCUT2D eigenvalue weighted by atomic mass is 9.70. The van der Waals surface area contributed by atoms with Gasteiger partial charge in [0.05, 0.1) is 5.41 Å². The van der Waals surface area contributed by atoms with E-state index in [2.05, 4.69) is 49.9 Å². The number of primary amides is 1. The second-order valence-electron chi connectivity index (χ2n) is 8.39. The Kier molecular flexibility index (Phi) is 4.26. The molecule has 0 bridgehead atoms. The molecule has 1 aromatic carbocycles. The van der Waals surface area contributed by atoms with Crippen molar-refractivity contribution in [2.24, 2.45) is 5.73 Å². The normalized spacial score (nSPS) is 22.6. The first-order valence-electron chi connectivity index (χ1n) is 8.98. The lowest BCUT2D eigenvalue weighted by Gasteiger charge is -2.45. The SMILES string of the molecule is CC(C)(C)c1ccc(C2(C(N)=O)CCN(C3CCC3)CC2)cc1. The van der Waals surface area contributed by atoms with E-state index in [0.717, 1.165) is 37.5 Å². The molecule has 0 atom stereocenters. The highest BCUT2D eigenvalue weighted by Crippen LogP contribution is 2.39. The number of likely N-dealkylation sites (tertiary alicyclic amines) is 1. The third kappa shape index (κ3) is 3.03. The van der Waals surface area contributed by atoms with Crippen LogP contribution in [0.1, 0.15) is 64.0 Å². The first-order chi connectivity index (χ1) is 10.8. The molecule has 1 saturated carbocycles. The first kappa shape index (κ1) is 16.5. The molecule has 3 nitrogen and oxygen atoms in total. The second-order valence-corrected chi connectivity index (χ2v) is 8.39. The third-order valence-corrected chi connectivity index (χ3v) is 6.02. The average molecular weight is 314 g/mol. The summed E-state index contributed by atoms with van der Waals surface area (Å²) in [6, 6.07) is 9.34. The number of benzene rings is 1. The van der Waals surface area contributed by atoms with Crippen LogP contribution in [0.15, 0.2) is 24.3 Å². The summed E-state index contributed by atoms with van der Waals surface area (Å²) in [5, 5.41) is 0. The molecule has 1 aromatic rings. The van der Waals surface area contributed by atoms with Crippen LogP contribution in [-0.2, 0) is 15.6 Å². The van der Waals surface area contributed by atoms with Gasteiger partial charge in [-0.3, -0.25) is 4.79 Å². The molecule has 2 fully saturated rings. The Balaban J connectivity index is 1.80. The maximum atomic E-state index is 12.3. The predicted molar refractivity (Wildman–Crippen MR) is 94.5 cm³/mol. The lowest BCUT2D eigenvalue weighted by molar-refractivity contribution is -0.125. The van der Waals surface area contributed by atoms with Crippen molar-refractivity contribution in [3.63, 3.8) is 0 Å².